The van der Waals surface area contributed by atoms with Crippen molar-refractivity contribution < 1.29 is 19.0 Å². The lowest BCUT2D eigenvalue weighted by Gasteiger charge is -2.16. The Balaban J connectivity index is 2.73. The minimum Gasteiger partial charge on any atom is -0.481 e. The summed E-state index contributed by atoms with van der Waals surface area (Å²) in [4.78, 5) is 11.2. The molecule has 5 nitrogen and oxygen atoms in total. The molecule has 1 aromatic carbocycles. The first-order valence-corrected chi connectivity index (χ1v) is 6.88. The average Bonchev–Trinajstić information content (AvgIpc) is 2.76. The lowest BCUT2D eigenvalue weighted by Crippen LogP contribution is -2.16. The van der Waals surface area contributed by atoms with Crippen LogP contribution in [-0.2, 0) is 16.6 Å². The van der Waals surface area contributed by atoms with Crippen molar-refractivity contribution >= 4 is 5.97 Å². The highest BCUT2D eigenvalue weighted by atomic mass is 19.1. The van der Waals surface area contributed by atoms with Crippen LogP contribution in [0.15, 0.2) is 24.3 Å². The van der Waals surface area contributed by atoms with Crippen LogP contribution in [0.1, 0.15) is 32.0 Å². The molecule has 0 aliphatic carbocycles. The van der Waals surface area contributed by atoms with Crippen LogP contribution in [0.5, 0.6) is 5.88 Å². The van der Waals surface area contributed by atoms with Gasteiger partial charge in [-0.1, -0.05) is 32.9 Å². The number of carbonyl (C=O) groups is 1. The van der Waals surface area contributed by atoms with Crippen molar-refractivity contribution in [1.29, 1.82) is 0 Å². The van der Waals surface area contributed by atoms with Gasteiger partial charge < -0.3 is 9.84 Å². The number of hydrogen-bond donors (Lipinski definition) is 1. The topological polar surface area (TPSA) is 64.3 Å². The van der Waals surface area contributed by atoms with Gasteiger partial charge in [-0.25, -0.2) is 4.39 Å². The first kappa shape index (κ1) is 16.0. The largest absolute Gasteiger partial charge is 0.481 e. The zero-order valence-corrected chi connectivity index (χ0v) is 13.1. The van der Waals surface area contributed by atoms with Gasteiger partial charge in [-0.2, -0.15) is 9.78 Å². The van der Waals surface area contributed by atoms with Crippen molar-refractivity contribution in [3.05, 3.63) is 41.3 Å². The molecule has 0 saturated heterocycles. The molecule has 118 valence electrons. The number of halogens is 1. The first-order chi connectivity index (χ1) is 10.3. The Morgan fingerprint density at radius 3 is 2.50 bits per heavy atom. The number of hydrogen-bond acceptors (Lipinski definition) is 3. The lowest BCUT2D eigenvalue weighted by molar-refractivity contribution is -0.136. The van der Waals surface area contributed by atoms with Gasteiger partial charge >= 0.3 is 5.97 Å². The van der Waals surface area contributed by atoms with Gasteiger partial charge in [0, 0.05) is 11.0 Å². The fourth-order valence-corrected chi connectivity index (χ4v) is 2.34. The van der Waals surface area contributed by atoms with E-state index in [2.05, 4.69) is 5.10 Å². The van der Waals surface area contributed by atoms with Crippen LogP contribution in [0, 0.1) is 5.82 Å². The van der Waals surface area contributed by atoms with E-state index in [-0.39, 0.29) is 18.0 Å². The van der Waals surface area contributed by atoms with Gasteiger partial charge in [-0.3, -0.25) is 4.79 Å². The molecule has 6 heteroatoms. The molecule has 0 saturated carbocycles. The van der Waals surface area contributed by atoms with Crippen molar-refractivity contribution in [3.8, 4) is 11.6 Å². The molecule has 2 rings (SSSR count). The van der Waals surface area contributed by atoms with Gasteiger partial charge in [0.25, 0.3) is 0 Å². The second kappa shape index (κ2) is 5.79. The van der Waals surface area contributed by atoms with Gasteiger partial charge in [0.05, 0.1) is 19.2 Å². The smallest absolute Gasteiger partial charge is 0.308 e. The Morgan fingerprint density at radius 1 is 1.36 bits per heavy atom. The number of aromatic nitrogens is 2. The second-order valence-corrected chi connectivity index (χ2v) is 6.02. The summed E-state index contributed by atoms with van der Waals surface area (Å²) in [6.07, 6.45) is -0.232. The molecule has 2 aromatic rings. The number of ether oxygens (including phenoxy) is 1. The van der Waals surface area contributed by atoms with Crippen LogP contribution in [0.4, 0.5) is 4.39 Å². The molecule has 0 amide bonds. The highest BCUT2D eigenvalue weighted by Gasteiger charge is 2.29. The van der Waals surface area contributed by atoms with Crippen molar-refractivity contribution in [1.82, 2.24) is 9.78 Å². The normalized spacial score (nSPS) is 11.5. The van der Waals surface area contributed by atoms with Crippen molar-refractivity contribution in [2.24, 2.45) is 0 Å². The summed E-state index contributed by atoms with van der Waals surface area (Å²) in [5.41, 5.74) is 0.872. The third-order valence-electron chi connectivity index (χ3n) is 3.25. The van der Waals surface area contributed by atoms with Crippen LogP contribution in [0.25, 0.3) is 5.69 Å². The van der Waals surface area contributed by atoms with Crippen LogP contribution < -0.4 is 4.74 Å². The Hall–Kier alpha value is -2.37. The predicted molar refractivity (Wildman–Crippen MR) is 80.1 cm³/mol. The summed E-state index contributed by atoms with van der Waals surface area (Å²) in [5, 5.41) is 13.6. The Kier molecular flexibility index (Phi) is 4.21. The van der Waals surface area contributed by atoms with Crippen molar-refractivity contribution in [3.63, 3.8) is 0 Å². The standard InChI is InChI=1S/C16H19FN2O3/c1-16(2,3)14-10(9-13(20)21)15(22-4)19(18-14)12-8-6-5-7-11(12)17/h5-8H,9H2,1-4H3,(H,20,21). The van der Waals surface area contributed by atoms with E-state index in [1.807, 2.05) is 20.8 Å². The number of aliphatic carboxylic acids is 1. The predicted octanol–water partition coefficient (Wildman–Crippen LogP) is 2.94. The molecule has 0 aliphatic heterocycles. The van der Waals surface area contributed by atoms with E-state index in [0.29, 0.717) is 11.3 Å². The van der Waals surface area contributed by atoms with E-state index < -0.39 is 17.2 Å². The van der Waals surface area contributed by atoms with Crippen molar-refractivity contribution in [2.75, 3.05) is 7.11 Å². The van der Waals surface area contributed by atoms with E-state index in [9.17, 15) is 9.18 Å². The fourth-order valence-electron chi connectivity index (χ4n) is 2.34. The number of carboxylic acid groups (broad SMARTS) is 1. The monoisotopic (exact) mass is 306 g/mol. The highest BCUT2D eigenvalue weighted by Crippen LogP contribution is 2.34. The van der Waals surface area contributed by atoms with E-state index in [4.69, 9.17) is 9.84 Å². The van der Waals surface area contributed by atoms with Crippen LogP contribution >= 0.6 is 0 Å². The number of para-hydroxylation sites is 1. The van der Waals surface area contributed by atoms with E-state index in [1.165, 1.54) is 17.9 Å². The van der Waals surface area contributed by atoms with Gasteiger partial charge in [-0.15, -0.1) is 0 Å². The third kappa shape index (κ3) is 2.95. The summed E-state index contributed by atoms with van der Waals surface area (Å²) in [7, 11) is 1.42. The Labute approximate surface area is 128 Å². The maximum absolute atomic E-state index is 14.1. The number of rotatable bonds is 4. The Bertz CT molecular complexity index is 702. The SMILES string of the molecule is COc1c(CC(=O)O)c(C(C)(C)C)nn1-c1ccccc1F. The first-order valence-electron chi connectivity index (χ1n) is 6.88. The molecular weight excluding hydrogens is 287 g/mol. The van der Waals surface area contributed by atoms with Gasteiger partial charge in [0.2, 0.25) is 5.88 Å². The van der Waals surface area contributed by atoms with Crippen LogP contribution in [0.3, 0.4) is 0 Å². The third-order valence-corrected chi connectivity index (χ3v) is 3.25. The molecule has 0 aliphatic rings. The maximum Gasteiger partial charge on any atom is 0.308 e. The van der Waals surface area contributed by atoms with Crippen molar-refractivity contribution in [2.45, 2.75) is 32.6 Å². The zero-order valence-electron chi connectivity index (χ0n) is 13.1. The van der Waals surface area contributed by atoms with Gasteiger partial charge in [-0.05, 0) is 12.1 Å². The molecule has 22 heavy (non-hydrogen) atoms. The average molecular weight is 306 g/mol. The maximum atomic E-state index is 14.1. The number of carboxylic acids is 1. The molecule has 0 spiro atoms. The fraction of sp³-hybridized carbons (Fsp3) is 0.375. The molecule has 0 radical (unpaired) electrons. The molecule has 0 unspecified atom stereocenters. The van der Waals surface area contributed by atoms with E-state index in [1.54, 1.807) is 18.2 Å². The molecule has 1 N–H and O–H groups in total. The number of nitrogens with zero attached hydrogens (tertiary/aromatic N) is 2. The summed E-state index contributed by atoms with van der Waals surface area (Å²) < 4.78 is 20.7. The molecular formula is C16H19FN2O3. The Morgan fingerprint density at radius 2 is 2.00 bits per heavy atom. The number of methoxy groups -OCH3 is 1. The van der Waals surface area contributed by atoms with Gasteiger partial charge in [0.1, 0.15) is 11.5 Å². The molecule has 0 bridgehead atoms. The molecule has 1 aromatic heterocycles. The van der Waals surface area contributed by atoms with Crippen LogP contribution in [0.2, 0.25) is 0 Å². The van der Waals surface area contributed by atoms with Crippen LogP contribution in [-0.4, -0.2) is 28.0 Å². The van der Waals surface area contributed by atoms with Gasteiger partial charge in [0.15, 0.2) is 0 Å². The highest BCUT2D eigenvalue weighted by molar-refractivity contribution is 5.72. The number of benzene rings is 1. The molecule has 1 heterocycles. The van der Waals surface area contributed by atoms with E-state index in [0.717, 1.165) is 0 Å². The quantitative estimate of drug-likeness (QED) is 0.943. The zero-order chi connectivity index (χ0) is 16.5. The van der Waals surface area contributed by atoms with E-state index >= 15 is 0 Å². The minimum absolute atomic E-state index is 0.224. The summed E-state index contributed by atoms with van der Waals surface area (Å²) in [6, 6.07) is 6.16. The summed E-state index contributed by atoms with van der Waals surface area (Å²) in [5.74, 6) is -1.19. The molecule has 0 fully saturated rings. The molecule has 0 atom stereocenters. The second-order valence-electron chi connectivity index (χ2n) is 6.02. The lowest BCUT2D eigenvalue weighted by atomic mass is 9.88. The summed E-state index contributed by atoms with van der Waals surface area (Å²) in [6.45, 7) is 5.77. The summed E-state index contributed by atoms with van der Waals surface area (Å²) >= 11 is 0. The minimum atomic E-state index is -0.989.